The predicted octanol–water partition coefficient (Wildman–Crippen LogP) is 2.91. The van der Waals surface area contributed by atoms with Gasteiger partial charge in [0.1, 0.15) is 0 Å². The van der Waals surface area contributed by atoms with E-state index in [4.69, 9.17) is 0 Å². The minimum Gasteiger partial charge on any atom is -0.393 e. The molecule has 0 amide bonds. The first-order chi connectivity index (χ1) is 8.86. The summed E-state index contributed by atoms with van der Waals surface area (Å²) in [6.07, 6.45) is -3.81. The molecule has 0 saturated carbocycles. The maximum Gasteiger partial charge on any atom is 0.416 e. The van der Waals surface area contributed by atoms with Crippen LogP contribution in [0.25, 0.3) is 0 Å². The van der Waals surface area contributed by atoms with Crippen molar-refractivity contribution in [3.8, 4) is 0 Å². The molecule has 1 aliphatic heterocycles. The van der Waals surface area contributed by atoms with Crippen LogP contribution in [0, 0.1) is 5.92 Å². The summed E-state index contributed by atoms with van der Waals surface area (Å²) in [5.74, 6) is 0.211. The second kappa shape index (κ2) is 5.51. The number of alkyl halides is 3. The molecule has 1 heterocycles. The van der Waals surface area contributed by atoms with Crippen LogP contribution in [0.2, 0.25) is 0 Å². The van der Waals surface area contributed by atoms with Gasteiger partial charge >= 0.3 is 6.18 Å². The highest BCUT2D eigenvalue weighted by atomic mass is 19.4. The van der Waals surface area contributed by atoms with Gasteiger partial charge in [-0.3, -0.25) is 4.90 Å². The van der Waals surface area contributed by atoms with Crippen molar-refractivity contribution in [3.63, 3.8) is 0 Å². The zero-order valence-electron chi connectivity index (χ0n) is 10.8. The van der Waals surface area contributed by atoms with Gasteiger partial charge in [-0.05, 0) is 30.0 Å². The fourth-order valence-corrected chi connectivity index (χ4v) is 2.42. The predicted molar refractivity (Wildman–Crippen MR) is 66.5 cm³/mol. The normalized spacial score (nSPS) is 25.5. The van der Waals surface area contributed by atoms with Crippen LogP contribution in [0.5, 0.6) is 0 Å². The molecule has 0 radical (unpaired) electrons. The van der Waals surface area contributed by atoms with Crippen LogP contribution in [0.15, 0.2) is 24.3 Å². The van der Waals surface area contributed by atoms with Gasteiger partial charge in [0.15, 0.2) is 0 Å². The Morgan fingerprint density at radius 3 is 2.42 bits per heavy atom. The van der Waals surface area contributed by atoms with E-state index >= 15 is 0 Å². The van der Waals surface area contributed by atoms with Crippen LogP contribution in [-0.4, -0.2) is 29.2 Å². The summed E-state index contributed by atoms with van der Waals surface area (Å²) in [6, 6.07) is 5.30. The van der Waals surface area contributed by atoms with Crippen molar-refractivity contribution in [2.75, 3.05) is 13.1 Å². The number of aliphatic hydroxyl groups is 1. The Balaban J connectivity index is 1.97. The van der Waals surface area contributed by atoms with E-state index in [1.165, 1.54) is 12.1 Å². The summed E-state index contributed by atoms with van der Waals surface area (Å²) < 4.78 is 37.3. The summed E-state index contributed by atoms with van der Waals surface area (Å²) in [5.41, 5.74) is 0.260. The first-order valence-corrected chi connectivity index (χ1v) is 6.43. The van der Waals surface area contributed by atoms with Crippen molar-refractivity contribution in [1.82, 2.24) is 4.90 Å². The summed E-state index contributed by atoms with van der Waals surface area (Å²) >= 11 is 0. The fourth-order valence-electron chi connectivity index (χ4n) is 2.42. The number of piperidine rings is 1. The van der Waals surface area contributed by atoms with Crippen LogP contribution in [0.3, 0.4) is 0 Å². The van der Waals surface area contributed by atoms with E-state index in [1.807, 2.05) is 6.92 Å². The number of rotatable bonds is 2. The topological polar surface area (TPSA) is 23.5 Å². The molecule has 5 heteroatoms. The maximum atomic E-state index is 12.4. The lowest BCUT2D eigenvalue weighted by atomic mass is 9.96. The largest absolute Gasteiger partial charge is 0.416 e. The number of likely N-dealkylation sites (tertiary alicyclic amines) is 1. The van der Waals surface area contributed by atoms with Crippen molar-refractivity contribution in [2.45, 2.75) is 32.2 Å². The number of nitrogens with zero attached hydrogens (tertiary/aromatic N) is 1. The number of benzene rings is 1. The maximum absolute atomic E-state index is 12.4. The van der Waals surface area contributed by atoms with Crippen molar-refractivity contribution in [1.29, 1.82) is 0 Å². The summed E-state index contributed by atoms with van der Waals surface area (Å²) in [5, 5.41) is 9.64. The molecule has 1 fully saturated rings. The second-order valence-electron chi connectivity index (χ2n) is 5.26. The van der Waals surface area contributed by atoms with Gasteiger partial charge in [-0.2, -0.15) is 13.2 Å². The first kappa shape index (κ1) is 14.3. The third-order valence-corrected chi connectivity index (χ3v) is 3.63. The SMILES string of the molecule is CC1CN(Cc2ccc(C(F)(F)F)cc2)CCC1O. The molecular weight excluding hydrogens is 255 g/mol. The van der Waals surface area contributed by atoms with Gasteiger partial charge in [0.05, 0.1) is 11.7 Å². The van der Waals surface area contributed by atoms with Crippen molar-refractivity contribution >= 4 is 0 Å². The highest BCUT2D eigenvalue weighted by Crippen LogP contribution is 2.29. The van der Waals surface area contributed by atoms with Crippen LogP contribution in [-0.2, 0) is 12.7 Å². The molecule has 106 valence electrons. The quantitative estimate of drug-likeness (QED) is 0.895. The third kappa shape index (κ3) is 3.70. The van der Waals surface area contributed by atoms with Crippen molar-refractivity contribution < 1.29 is 18.3 Å². The van der Waals surface area contributed by atoms with Crippen LogP contribution in [0.4, 0.5) is 13.2 Å². The molecule has 1 N–H and O–H groups in total. The van der Waals surface area contributed by atoms with E-state index in [1.54, 1.807) is 0 Å². The average molecular weight is 273 g/mol. The zero-order valence-corrected chi connectivity index (χ0v) is 10.8. The molecule has 0 aromatic heterocycles. The first-order valence-electron chi connectivity index (χ1n) is 6.43. The van der Waals surface area contributed by atoms with Gasteiger partial charge in [-0.15, -0.1) is 0 Å². The standard InChI is InChI=1S/C14H18F3NO/c1-10-8-18(7-6-13(10)19)9-11-2-4-12(5-3-11)14(15,16)17/h2-5,10,13,19H,6-9H2,1H3. The summed E-state index contributed by atoms with van der Waals surface area (Å²) in [7, 11) is 0. The molecule has 1 aromatic rings. The molecule has 2 unspecified atom stereocenters. The van der Waals surface area contributed by atoms with Gasteiger partial charge in [-0.1, -0.05) is 19.1 Å². The minimum absolute atomic E-state index is 0.211. The van der Waals surface area contributed by atoms with Gasteiger partial charge in [0, 0.05) is 19.6 Å². The fraction of sp³-hybridized carbons (Fsp3) is 0.571. The summed E-state index contributed by atoms with van der Waals surface area (Å²) in [4.78, 5) is 2.17. The van der Waals surface area contributed by atoms with E-state index in [9.17, 15) is 18.3 Å². The summed E-state index contributed by atoms with van der Waals surface area (Å²) in [6.45, 7) is 4.19. The van der Waals surface area contributed by atoms with Crippen molar-refractivity contribution in [3.05, 3.63) is 35.4 Å². The number of aliphatic hydroxyl groups excluding tert-OH is 1. The van der Waals surface area contributed by atoms with E-state index in [0.717, 1.165) is 37.2 Å². The van der Waals surface area contributed by atoms with Crippen LogP contribution < -0.4 is 0 Å². The molecule has 2 nitrogen and oxygen atoms in total. The molecule has 0 aliphatic carbocycles. The lowest BCUT2D eigenvalue weighted by Crippen LogP contribution is -2.41. The number of hydrogen-bond acceptors (Lipinski definition) is 2. The molecule has 1 saturated heterocycles. The highest BCUT2D eigenvalue weighted by Gasteiger charge is 2.30. The number of halogens is 3. The molecule has 2 atom stereocenters. The van der Waals surface area contributed by atoms with Crippen LogP contribution in [0.1, 0.15) is 24.5 Å². The Morgan fingerprint density at radius 1 is 1.26 bits per heavy atom. The van der Waals surface area contributed by atoms with Crippen molar-refractivity contribution in [2.24, 2.45) is 5.92 Å². The minimum atomic E-state index is -4.28. The second-order valence-corrected chi connectivity index (χ2v) is 5.26. The molecule has 19 heavy (non-hydrogen) atoms. The number of hydrogen-bond donors (Lipinski definition) is 1. The Hall–Kier alpha value is -1.07. The zero-order chi connectivity index (χ0) is 14.0. The Bertz CT molecular complexity index is 416. The van der Waals surface area contributed by atoms with Gasteiger partial charge in [0.25, 0.3) is 0 Å². The van der Waals surface area contributed by atoms with E-state index in [2.05, 4.69) is 4.90 Å². The average Bonchev–Trinajstić information content (AvgIpc) is 2.33. The Labute approximate surface area is 110 Å². The van der Waals surface area contributed by atoms with Gasteiger partial charge < -0.3 is 5.11 Å². The molecule has 1 aromatic carbocycles. The highest BCUT2D eigenvalue weighted by molar-refractivity contribution is 5.24. The van der Waals surface area contributed by atoms with Gasteiger partial charge in [-0.25, -0.2) is 0 Å². The Morgan fingerprint density at radius 2 is 1.89 bits per heavy atom. The molecule has 0 spiro atoms. The molecule has 2 rings (SSSR count). The smallest absolute Gasteiger partial charge is 0.393 e. The lowest BCUT2D eigenvalue weighted by Gasteiger charge is -2.34. The molecule has 1 aliphatic rings. The lowest BCUT2D eigenvalue weighted by molar-refractivity contribution is -0.137. The van der Waals surface area contributed by atoms with E-state index in [-0.39, 0.29) is 12.0 Å². The van der Waals surface area contributed by atoms with E-state index in [0.29, 0.717) is 6.54 Å². The molecule has 0 bridgehead atoms. The van der Waals surface area contributed by atoms with Gasteiger partial charge in [0.2, 0.25) is 0 Å². The molecular formula is C14H18F3NO. The van der Waals surface area contributed by atoms with Crippen LogP contribution >= 0.6 is 0 Å². The third-order valence-electron chi connectivity index (χ3n) is 3.63. The monoisotopic (exact) mass is 273 g/mol. The van der Waals surface area contributed by atoms with E-state index < -0.39 is 11.7 Å². The Kier molecular flexibility index (Phi) is 4.16.